The number of para-hydroxylation sites is 1. The smallest absolute Gasteiger partial charge is 0.235 e. The SMILES string of the molecule is CSc1nc(N(C)c2ccccc2)n2ncc(Cc3ccc(N([O-])O)cc3)c2n1. The molecule has 2 heterocycles. The fourth-order valence-corrected chi connectivity index (χ4v) is 3.40. The molecule has 0 unspecified atom stereocenters. The molecule has 0 atom stereocenters. The van der Waals surface area contributed by atoms with Gasteiger partial charge in [-0.3, -0.25) is 5.21 Å². The third-order valence-electron chi connectivity index (χ3n) is 4.58. The Morgan fingerprint density at radius 3 is 2.41 bits per heavy atom. The second-order valence-corrected chi connectivity index (χ2v) is 7.20. The van der Waals surface area contributed by atoms with Gasteiger partial charge in [0, 0.05) is 24.7 Å². The number of nitrogens with zero attached hydrogens (tertiary/aromatic N) is 6. The lowest BCUT2D eigenvalue weighted by atomic mass is 10.1. The van der Waals surface area contributed by atoms with Gasteiger partial charge >= 0.3 is 0 Å². The molecule has 1 N–H and O–H groups in total. The molecule has 0 bridgehead atoms. The summed E-state index contributed by atoms with van der Waals surface area (Å²) < 4.78 is 1.74. The van der Waals surface area contributed by atoms with Gasteiger partial charge in [-0.2, -0.15) is 14.6 Å². The lowest BCUT2D eigenvalue weighted by Gasteiger charge is -2.21. The van der Waals surface area contributed by atoms with Crippen LogP contribution in [0.4, 0.5) is 17.3 Å². The summed E-state index contributed by atoms with van der Waals surface area (Å²) in [5.41, 5.74) is 3.85. The van der Waals surface area contributed by atoms with Crippen LogP contribution in [0, 0.1) is 5.21 Å². The van der Waals surface area contributed by atoms with Gasteiger partial charge in [0.1, 0.15) is 0 Å². The van der Waals surface area contributed by atoms with Crippen molar-refractivity contribution >= 4 is 34.7 Å². The minimum atomic E-state index is -0.150. The summed E-state index contributed by atoms with van der Waals surface area (Å²) in [6.45, 7) is 0. The van der Waals surface area contributed by atoms with Crippen molar-refractivity contribution in [1.29, 1.82) is 0 Å². The molecule has 2 aromatic heterocycles. The topological polar surface area (TPSA) is 92.9 Å². The molecule has 148 valence electrons. The van der Waals surface area contributed by atoms with Crippen molar-refractivity contribution in [2.45, 2.75) is 11.6 Å². The van der Waals surface area contributed by atoms with Gasteiger partial charge in [-0.15, -0.1) is 0 Å². The average molecular weight is 407 g/mol. The third-order valence-corrected chi connectivity index (χ3v) is 5.13. The molecular weight excluding hydrogens is 388 g/mol. The van der Waals surface area contributed by atoms with Crippen LogP contribution in [0.15, 0.2) is 66.0 Å². The van der Waals surface area contributed by atoms with Crippen LogP contribution in [0.2, 0.25) is 0 Å². The molecule has 0 aliphatic carbocycles. The molecule has 8 nitrogen and oxygen atoms in total. The number of thioether (sulfide) groups is 1. The Morgan fingerprint density at radius 2 is 1.76 bits per heavy atom. The van der Waals surface area contributed by atoms with Crippen molar-refractivity contribution < 1.29 is 5.21 Å². The molecule has 0 aliphatic heterocycles. The number of hydrogen-bond donors (Lipinski definition) is 1. The molecule has 4 rings (SSSR count). The van der Waals surface area contributed by atoms with E-state index in [-0.39, 0.29) is 10.9 Å². The zero-order valence-electron chi connectivity index (χ0n) is 15.9. The third kappa shape index (κ3) is 3.88. The van der Waals surface area contributed by atoms with Gasteiger partial charge in [0.15, 0.2) is 10.8 Å². The van der Waals surface area contributed by atoms with E-state index >= 15 is 0 Å². The van der Waals surface area contributed by atoms with Gasteiger partial charge in [-0.1, -0.05) is 42.1 Å². The van der Waals surface area contributed by atoms with Crippen molar-refractivity contribution in [3.8, 4) is 0 Å². The van der Waals surface area contributed by atoms with Crippen LogP contribution in [0.25, 0.3) is 5.65 Å². The highest BCUT2D eigenvalue weighted by Crippen LogP contribution is 2.26. The minimum absolute atomic E-state index is 0.150. The summed E-state index contributed by atoms with van der Waals surface area (Å²) in [7, 11) is 1.95. The number of rotatable bonds is 6. The summed E-state index contributed by atoms with van der Waals surface area (Å²) >= 11 is 1.48. The van der Waals surface area contributed by atoms with E-state index in [1.165, 1.54) is 11.8 Å². The maximum absolute atomic E-state index is 11.0. The highest BCUT2D eigenvalue weighted by molar-refractivity contribution is 7.98. The summed E-state index contributed by atoms with van der Waals surface area (Å²) in [5, 5.41) is 25.0. The van der Waals surface area contributed by atoms with Gasteiger partial charge in [-0.25, -0.2) is 4.98 Å². The quantitative estimate of drug-likeness (QED) is 0.380. The van der Waals surface area contributed by atoms with Crippen molar-refractivity contribution in [2.75, 3.05) is 23.4 Å². The molecule has 29 heavy (non-hydrogen) atoms. The lowest BCUT2D eigenvalue weighted by molar-refractivity contribution is 0.296. The highest BCUT2D eigenvalue weighted by Gasteiger charge is 2.17. The van der Waals surface area contributed by atoms with Crippen LogP contribution in [0.1, 0.15) is 11.1 Å². The van der Waals surface area contributed by atoms with Gasteiger partial charge in [0.05, 0.1) is 11.9 Å². The Morgan fingerprint density at radius 1 is 1.03 bits per heavy atom. The van der Waals surface area contributed by atoms with Crippen molar-refractivity contribution in [3.05, 3.63) is 77.1 Å². The zero-order valence-corrected chi connectivity index (χ0v) is 16.7. The molecule has 4 aromatic rings. The van der Waals surface area contributed by atoms with E-state index < -0.39 is 0 Å². The molecule has 9 heteroatoms. The first kappa shape index (κ1) is 19.2. The number of fused-ring (bicyclic) bond motifs is 1. The van der Waals surface area contributed by atoms with Crippen LogP contribution in [0.3, 0.4) is 0 Å². The second-order valence-electron chi connectivity index (χ2n) is 6.43. The number of aromatic nitrogens is 4. The van der Waals surface area contributed by atoms with E-state index in [1.807, 2.05) is 48.5 Å². The van der Waals surface area contributed by atoms with Crippen LogP contribution in [-0.2, 0) is 6.42 Å². The Kier molecular flexibility index (Phi) is 5.34. The normalized spacial score (nSPS) is 11.0. The molecular formula is C20H19N6O2S-. The fraction of sp³-hybridized carbons (Fsp3) is 0.150. The van der Waals surface area contributed by atoms with Crippen LogP contribution >= 0.6 is 11.8 Å². The molecule has 0 radical (unpaired) electrons. The first-order valence-electron chi connectivity index (χ1n) is 8.89. The van der Waals surface area contributed by atoms with E-state index in [2.05, 4.69) is 15.1 Å². The summed E-state index contributed by atoms with van der Waals surface area (Å²) in [6.07, 6.45) is 4.32. The number of anilines is 3. The van der Waals surface area contributed by atoms with Crippen LogP contribution in [-0.4, -0.2) is 38.1 Å². The van der Waals surface area contributed by atoms with E-state index in [0.29, 0.717) is 17.5 Å². The van der Waals surface area contributed by atoms with Gasteiger partial charge < -0.3 is 15.3 Å². The average Bonchev–Trinajstić information content (AvgIpc) is 3.16. The zero-order chi connectivity index (χ0) is 20.4. The molecule has 0 aliphatic rings. The Labute approximate surface area is 172 Å². The van der Waals surface area contributed by atoms with E-state index in [4.69, 9.17) is 5.21 Å². The predicted molar refractivity (Wildman–Crippen MR) is 114 cm³/mol. The molecule has 0 saturated heterocycles. The molecule has 0 fully saturated rings. The number of benzene rings is 2. The minimum Gasteiger partial charge on any atom is -0.733 e. The molecule has 0 spiro atoms. The van der Waals surface area contributed by atoms with E-state index in [0.717, 1.165) is 22.5 Å². The predicted octanol–water partition coefficient (Wildman–Crippen LogP) is 3.90. The van der Waals surface area contributed by atoms with Gasteiger partial charge in [-0.05, 0) is 36.1 Å². The second kappa shape index (κ2) is 8.08. The van der Waals surface area contributed by atoms with Crippen LogP contribution in [0.5, 0.6) is 0 Å². The lowest BCUT2D eigenvalue weighted by Crippen LogP contribution is -2.17. The summed E-state index contributed by atoms with van der Waals surface area (Å²) in [4.78, 5) is 11.3. The highest BCUT2D eigenvalue weighted by atomic mass is 32.2. The summed E-state index contributed by atoms with van der Waals surface area (Å²) in [6, 6.07) is 16.7. The van der Waals surface area contributed by atoms with Gasteiger partial charge in [0.2, 0.25) is 5.95 Å². The summed E-state index contributed by atoms with van der Waals surface area (Å²) in [5.74, 6) is 0.675. The number of hydrogen-bond acceptors (Lipinski definition) is 8. The van der Waals surface area contributed by atoms with E-state index in [9.17, 15) is 5.21 Å². The fourth-order valence-electron chi connectivity index (χ4n) is 3.05. The Bertz CT molecular complexity index is 1120. The van der Waals surface area contributed by atoms with E-state index in [1.54, 1.807) is 35.0 Å². The maximum Gasteiger partial charge on any atom is 0.235 e. The first-order chi connectivity index (χ1) is 14.1. The Hall–Kier alpha value is -3.14. The monoisotopic (exact) mass is 407 g/mol. The standard InChI is InChI=1S/C20H19N6O2S/c1-24(16-6-4-3-5-7-16)20-23-19(29-2)22-18-15(13-21-25(18)20)12-14-8-10-17(11-9-14)26(27)28/h3-11,13,27H,12H2,1-2H3/q-1. The first-order valence-corrected chi connectivity index (χ1v) is 10.1. The van der Waals surface area contributed by atoms with Crippen LogP contribution < -0.4 is 10.1 Å². The molecule has 0 saturated carbocycles. The van der Waals surface area contributed by atoms with Gasteiger partial charge in [0.25, 0.3) is 0 Å². The molecule has 0 amide bonds. The van der Waals surface area contributed by atoms with Crippen molar-refractivity contribution in [3.63, 3.8) is 0 Å². The maximum atomic E-state index is 11.0. The Balaban J connectivity index is 1.73. The largest absolute Gasteiger partial charge is 0.733 e. The van der Waals surface area contributed by atoms with Crippen molar-refractivity contribution in [1.82, 2.24) is 19.6 Å². The van der Waals surface area contributed by atoms with Crippen molar-refractivity contribution in [2.24, 2.45) is 0 Å². The molecule has 2 aromatic carbocycles.